The second-order valence-electron chi connectivity index (χ2n) is 9.35. The first kappa shape index (κ1) is 36.4. The van der Waals surface area contributed by atoms with Crippen molar-refractivity contribution < 1.29 is 47.6 Å². The van der Waals surface area contributed by atoms with Crippen LogP contribution in [0, 0.1) is 10.8 Å². The Bertz CT molecular complexity index is 943. The average Bonchev–Trinajstić information content (AvgIpc) is 2.96. The summed E-state index contributed by atoms with van der Waals surface area (Å²) in [6.07, 6.45) is 0.609. The summed E-state index contributed by atoms with van der Waals surface area (Å²) in [7, 11) is 5.98. The molecule has 0 aliphatic rings. The summed E-state index contributed by atoms with van der Waals surface area (Å²) in [6, 6.07) is 5.60. The number of amides is 2. The average molecular weight is 620 g/mol. The van der Waals surface area contributed by atoms with Gasteiger partial charge in [-0.1, -0.05) is 16.9 Å². The third kappa shape index (κ3) is 15.3. The number of rotatable bonds is 21. The number of carbonyl (C=O) groups is 4. The molecule has 15 heteroatoms. The minimum atomic E-state index is -1.38. The van der Waals surface area contributed by atoms with Crippen LogP contribution in [0.5, 0.6) is 0 Å². The van der Waals surface area contributed by atoms with Crippen molar-refractivity contribution in [2.24, 2.45) is 10.8 Å². The fraction of sp³-hybridized carbons (Fsp3) is 0.654. The number of methoxy groups -OCH3 is 2. The second kappa shape index (κ2) is 20.3. The summed E-state index contributed by atoms with van der Waals surface area (Å²) in [5, 5.41) is 6.35. The fourth-order valence-corrected chi connectivity index (χ4v) is 4.80. The van der Waals surface area contributed by atoms with Crippen LogP contribution in [0.4, 0.5) is 4.79 Å². The number of hydrogen-bond acceptors (Lipinski definition) is 13. The van der Waals surface area contributed by atoms with E-state index in [2.05, 4.69) is 15.6 Å². The molecule has 1 aromatic rings. The van der Waals surface area contributed by atoms with Crippen molar-refractivity contribution in [2.75, 3.05) is 79.3 Å². The Hall–Kier alpha value is -2.59. The lowest BCUT2D eigenvalue weighted by Crippen LogP contribution is -2.47. The predicted octanol–water partition coefficient (Wildman–Crippen LogP) is 2.09. The topological polar surface area (TPSA) is 161 Å². The summed E-state index contributed by atoms with van der Waals surface area (Å²) in [4.78, 5) is 53.7. The molecule has 0 radical (unpaired) electrons. The van der Waals surface area contributed by atoms with Gasteiger partial charge < -0.3 is 39.1 Å². The zero-order chi connectivity index (χ0) is 30.6. The molecule has 2 atom stereocenters. The molecule has 0 aliphatic carbocycles. The normalized spacial score (nSPS) is 13.8. The Kier molecular flexibility index (Phi) is 18.1. The van der Waals surface area contributed by atoms with Gasteiger partial charge in [-0.05, 0) is 36.8 Å². The highest BCUT2D eigenvalue weighted by molar-refractivity contribution is 8.76. The van der Waals surface area contributed by atoms with E-state index >= 15 is 0 Å². The van der Waals surface area contributed by atoms with Crippen LogP contribution in [0.15, 0.2) is 29.4 Å². The van der Waals surface area contributed by atoms with Crippen LogP contribution < -0.4 is 10.6 Å². The van der Waals surface area contributed by atoms with E-state index in [1.165, 1.54) is 42.5 Å². The molecule has 0 saturated carbocycles. The number of nitrogens with zero attached hydrogens (tertiary/aromatic N) is 1. The number of hydrogen-bond donors (Lipinski definition) is 2. The van der Waals surface area contributed by atoms with Gasteiger partial charge in [0.1, 0.15) is 35.7 Å². The van der Waals surface area contributed by atoms with E-state index in [4.69, 9.17) is 28.4 Å². The Morgan fingerprint density at radius 3 is 2.05 bits per heavy atom. The summed E-state index contributed by atoms with van der Waals surface area (Å²) in [6.45, 7) is 4.89. The monoisotopic (exact) mass is 619 g/mol. The van der Waals surface area contributed by atoms with Gasteiger partial charge in [0.2, 0.25) is 11.8 Å². The molecule has 0 fully saturated rings. The van der Waals surface area contributed by atoms with Gasteiger partial charge in [0.15, 0.2) is 0 Å². The lowest BCUT2D eigenvalue weighted by atomic mass is 9.91. The van der Waals surface area contributed by atoms with Gasteiger partial charge in [-0.25, -0.2) is 9.78 Å². The zero-order valence-corrected chi connectivity index (χ0v) is 25.9. The van der Waals surface area contributed by atoms with Crippen LogP contribution in [0.25, 0.3) is 0 Å². The fourth-order valence-electron chi connectivity index (χ4n) is 3.02. The van der Waals surface area contributed by atoms with E-state index in [-0.39, 0.29) is 33.0 Å². The molecule has 2 unspecified atom stereocenters. The molecule has 0 spiro atoms. The number of nitrogens with one attached hydrogen (secondary N) is 2. The largest absolute Gasteiger partial charge is 0.508 e. The molecule has 0 saturated heterocycles. The lowest BCUT2D eigenvalue weighted by molar-refractivity contribution is -0.150. The van der Waals surface area contributed by atoms with Crippen LogP contribution in [-0.2, 0) is 42.8 Å². The zero-order valence-electron chi connectivity index (χ0n) is 24.2. The van der Waals surface area contributed by atoms with Gasteiger partial charge in [-0.3, -0.25) is 14.4 Å². The maximum atomic E-state index is 12.9. The Morgan fingerprint density at radius 2 is 1.46 bits per heavy atom. The number of pyridine rings is 1. The summed E-state index contributed by atoms with van der Waals surface area (Å²) in [5.74, 6) is -0.870. The van der Waals surface area contributed by atoms with E-state index in [0.717, 1.165) is 5.03 Å². The van der Waals surface area contributed by atoms with Crippen LogP contribution in [0.1, 0.15) is 20.8 Å². The van der Waals surface area contributed by atoms with Gasteiger partial charge in [0.25, 0.3) is 0 Å². The van der Waals surface area contributed by atoms with E-state index in [9.17, 15) is 19.2 Å². The van der Waals surface area contributed by atoms with Gasteiger partial charge >= 0.3 is 12.1 Å². The summed E-state index contributed by atoms with van der Waals surface area (Å²) >= 11 is 0. The number of carbonyl (C=O) groups excluding carboxylic acids is 4. The number of esters is 1. The summed E-state index contributed by atoms with van der Waals surface area (Å²) in [5.41, 5.74) is -2.58. The lowest BCUT2D eigenvalue weighted by Gasteiger charge is -2.28. The third-order valence-corrected chi connectivity index (χ3v) is 7.65. The van der Waals surface area contributed by atoms with Crippen molar-refractivity contribution in [3.63, 3.8) is 0 Å². The molecule has 41 heavy (non-hydrogen) atoms. The molecular formula is C26H41N3O10S2. The molecule has 232 valence electrons. The smallest absolute Gasteiger partial charge is 0.465 e. The highest BCUT2D eigenvalue weighted by atomic mass is 33.1. The van der Waals surface area contributed by atoms with Crippen molar-refractivity contribution in [1.82, 2.24) is 15.6 Å². The maximum Gasteiger partial charge on any atom is 0.508 e. The molecule has 1 heterocycles. The molecule has 1 aromatic heterocycles. The first-order valence-corrected chi connectivity index (χ1v) is 15.1. The van der Waals surface area contributed by atoms with Crippen molar-refractivity contribution in [3.8, 4) is 0 Å². The second-order valence-corrected chi connectivity index (χ2v) is 11.8. The van der Waals surface area contributed by atoms with Crippen LogP contribution in [0.3, 0.4) is 0 Å². The first-order valence-electron chi connectivity index (χ1n) is 12.8. The van der Waals surface area contributed by atoms with Gasteiger partial charge in [-0.2, -0.15) is 0 Å². The quantitative estimate of drug-likeness (QED) is 0.117. The Labute approximate surface area is 248 Å². The van der Waals surface area contributed by atoms with Gasteiger partial charge in [0, 0.05) is 46.2 Å². The predicted molar refractivity (Wildman–Crippen MR) is 153 cm³/mol. The maximum absolute atomic E-state index is 12.9. The van der Waals surface area contributed by atoms with Crippen molar-refractivity contribution in [2.45, 2.75) is 25.8 Å². The van der Waals surface area contributed by atoms with Crippen molar-refractivity contribution >= 4 is 45.5 Å². The number of aromatic nitrogens is 1. The molecule has 0 aromatic carbocycles. The Morgan fingerprint density at radius 1 is 0.829 bits per heavy atom. The molecule has 2 amide bonds. The minimum absolute atomic E-state index is 0.0279. The minimum Gasteiger partial charge on any atom is -0.465 e. The van der Waals surface area contributed by atoms with Crippen molar-refractivity contribution in [1.29, 1.82) is 0 Å². The van der Waals surface area contributed by atoms with E-state index < -0.39 is 41.4 Å². The summed E-state index contributed by atoms with van der Waals surface area (Å²) < 4.78 is 30.8. The third-order valence-electron chi connectivity index (χ3n) is 5.39. The van der Waals surface area contributed by atoms with E-state index in [0.29, 0.717) is 25.5 Å². The van der Waals surface area contributed by atoms with Gasteiger partial charge in [-0.15, -0.1) is 0 Å². The van der Waals surface area contributed by atoms with E-state index in [1.54, 1.807) is 20.2 Å². The standard InChI is InChI=1S/C26H41N3O10S2/c1-20(30)37-17-26(3,23(32)29-11-15-40-41-21-8-6-7-9-27-21)19-39-24(33)38-18-25(2,16-35-5)22(31)28-10-12-36-14-13-34-4/h6-9H,10-19H2,1-5H3,(H,28,31)(H,29,32). The molecule has 0 aliphatic heterocycles. The van der Waals surface area contributed by atoms with Crippen LogP contribution in [-0.4, -0.2) is 108 Å². The van der Waals surface area contributed by atoms with Crippen LogP contribution in [0.2, 0.25) is 0 Å². The molecule has 13 nitrogen and oxygen atoms in total. The molecule has 2 N–H and O–H groups in total. The SMILES string of the molecule is COCCOCCNC(=O)C(C)(COC)COC(=O)OCC(C)(COC(C)=O)C(=O)NCCSSc1ccccn1. The van der Waals surface area contributed by atoms with Crippen molar-refractivity contribution in [3.05, 3.63) is 24.4 Å². The molecule has 0 bridgehead atoms. The molecular weight excluding hydrogens is 578 g/mol. The Balaban J connectivity index is 2.58. The van der Waals surface area contributed by atoms with E-state index in [1.807, 2.05) is 18.2 Å². The van der Waals surface area contributed by atoms with Crippen LogP contribution >= 0.6 is 21.6 Å². The van der Waals surface area contributed by atoms with Gasteiger partial charge in [0.05, 0.1) is 26.4 Å². The highest BCUT2D eigenvalue weighted by Crippen LogP contribution is 2.28. The highest BCUT2D eigenvalue weighted by Gasteiger charge is 2.38. The number of ether oxygens (including phenoxy) is 6. The first-order chi connectivity index (χ1) is 19.6. The molecule has 1 rings (SSSR count).